The van der Waals surface area contributed by atoms with Gasteiger partial charge in [0, 0.05) is 37.0 Å². The van der Waals surface area contributed by atoms with E-state index >= 15 is 0 Å². The van der Waals surface area contributed by atoms with Gasteiger partial charge in [0.1, 0.15) is 0 Å². The van der Waals surface area contributed by atoms with Gasteiger partial charge in [-0.2, -0.15) is 0 Å². The van der Waals surface area contributed by atoms with Crippen molar-refractivity contribution in [2.75, 3.05) is 25.6 Å². The van der Waals surface area contributed by atoms with Crippen LogP contribution in [0.3, 0.4) is 0 Å². The maximum atomic E-state index is 12.3. The lowest BCUT2D eigenvalue weighted by molar-refractivity contribution is 0.0930. The topological polar surface area (TPSA) is 50.4 Å². The molecule has 0 aliphatic rings. The fourth-order valence-corrected chi connectivity index (χ4v) is 1.96. The molecule has 0 saturated carbocycles. The second-order valence-electron chi connectivity index (χ2n) is 4.77. The van der Waals surface area contributed by atoms with Crippen molar-refractivity contribution in [1.29, 1.82) is 0 Å². The third-order valence-electron chi connectivity index (χ3n) is 2.92. The van der Waals surface area contributed by atoms with Crippen molar-refractivity contribution in [3.8, 4) is 0 Å². The predicted octanol–water partition coefficient (Wildman–Crippen LogP) is 3.32. The molecule has 1 atom stereocenters. The highest BCUT2D eigenvalue weighted by Gasteiger charge is 2.14. The van der Waals surface area contributed by atoms with Crippen LogP contribution >= 0.6 is 11.6 Å². The van der Waals surface area contributed by atoms with Crippen LogP contribution in [0.25, 0.3) is 0 Å². The van der Waals surface area contributed by atoms with E-state index < -0.39 is 0 Å². The zero-order chi connectivity index (χ0) is 15.0. The average Bonchev–Trinajstić information content (AvgIpc) is 2.43. The first kappa shape index (κ1) is 16.8. The molecule has 0 spiro atoms. The number of halogens is 1. The summed E-state index contributed by atoms with van der Waals surface area (Å²) in [5, 5.41) is 6.76. The van der Waals surface area contributed by atoms with Crippen LogP contribution in [-0.4, -0.2) is 32.2 Å². The van der Waals surface area contributed by atoms with Crippen LogP contribution in [0.15, 0.2) is 18.2 Å². The highest BCUT2D eigenvalue weighted by atomic mass is 35.5. The number of amides is 1. The van der Waals surface area contributed by atoms with Gasteiger partial charge in [-0.25, -0.2) is 0 Å². The van der Waals surface area contributed by atoms with Crippen LogP contribution < -0.4 is 10.6 Å². The molecule has 20 heavy (non-hydrogen) atoms. The summed E-state index contributed by atoms with van der Waals surface area (Å²) in [4.78, 5) is 12.3. The zero-order valence-electron chi connectivity index (χ0n) is 12.3. The third-order valence-corrected chi connectivity index (χ3v) is 3.16. The molecule has 1 amide bonds. The Labute approximate surface area is 125 Å². The lowest BCUT2D eigenvalue weighted by Gasteiger charge is -2.16. The van der Waals surface area contributed by atoms with E-state index in [4.69, 9.17) is 16.3 Å². The van der Waals surface area contributed by atoms with Crippen molar-refractivity contribution in [2.45, 2.75) is 32.7 Å². The molecular weight excluding hydrogens is 276 g/mol. The molecule has 0 bridgehead atoms. The molecule has 5 heteroatoms. The fourth-order valence-electron chi connectivity index (χ4n) is 1.79. The van der Waals surface area contributed by atoms with Gasteiger partial charge in [0.05, 0.1) is 5.56 Å². The minimum Gasteiger partial charge on any atom is -0.385 e. The van der Waals surface area contributed by atoms with Crippen molar-refractivity contribution in [1.82, 2.24) is 5.32 Å². The van der Waals surface area contributed by atoms with Crippen molar-refractivity contribution in [3.63, 3.8) is 0 Å². The second-order valence-corrected chi connectivity index (χ2v) is 5.21. The minimum atomic E-state index is -0.116. The van der Waals surface area contributed by atoms with E-state index in [-0.39, 0.29) is 11.9 Å². The quantitative estimate of drug-likeness (QED) is 0.774. The number of ether oxygens (including phenoxy) is 1. The largest absolute Gasteiger partial charge is 0.385 e. The van der Waals surface area contributed by atoms with E-state index in [2.05, 4.69) is 17.6 Å². The van der Waals surface area contributed by atoms with Gasteiger partial charge in [-0.05, 0) is 38.0 Å². The van der Waals surface area contributed by atoms with Gasteiger partial charge in [0.2, 0.25) is 0 Å². The molecule has 0 fully saturated rings. The van der Waals surface area contributed by atoms with Gasteiger partial charge < -0.3 is 15.4 Å². The summed E-state index contributed by atoms with van der Waals surface area (Å²) in [5.41, 5.74) is 1.39. The Bertz CT molecular complexity index is 438. The van der Waals surface area contributed by atoms with E-state index in [0.717, 1.165) is 25.1 Å². The molecule has 1 aromatic carbocycles. The highest BCUT2D eigenvalue weighted by Crippen LogP contribution is 2.21. The average molecular weight is 299 g/mol. The Morgan fingerprint density at radius 1 is 1.45 bits per heavy atom. The molecule has 0 radical (unpaired) electrons. The number of anilines is 1. The summed E-state index contributed by atoms with van der Waals surface area (Å²) >= 11 is 5.99. The maximum Gasteiger partial charge on any atom is 0.253 e. The van der Waals surface area contributed by atoms with Crippen LogP contribution in [0, 0.1) is 0 Å². The third kappa shape index (κ3) is 5.39. The summed E-state index contributed by atoms with van der Waals surface area (Å²) in [6.07, 6.45) is 1.77. The van der Waals surface area contributed by atoms with E-state index in [9.17, 15) is 4.79 Å². The van der Waals surface area contributed by atoms with Crippen molar-refractivity contribution in [2.24, 2.45) is 0 Å². The minimum absolute atomic E-state index is 0.0560. The van der Waals surface area contributed by atoms with E-state index in [1.165, 1.54) is 0 Å². The first-order valence-corrected chi connectivity index (χ1v) is 7.29. The Morgan fingerprint density at radius 2 is 2.20 bits per heavy atom. The molecule has 112 valence electrons. The number of carbonyl (C=O) groups is 1. The number of methoxy groups -OCH3 is 1. The van der Waals surface area contributed by atoms with E-state index in [1.54, 1.807) is 19.2 Å². The molecule has 4 nitrogen and oxygen atoms in total. The van der Waals surface area contributed by atoms with Crippen molar-refractivity contribution >= 4 is 23.2 Å². The SMILES string of the molecule is CCCNc1ccc(Cl)cc1C(=O)NC(C)CCOC. The molecule has 0 saturated heterocycles. The van der Waals surface area contributed by atoms with Crippen LogP contribution in [-0.2, 0) is 4.74 Å². The number of nitrogens with one attached hydrogen (secondary N) is 2. The molecule has 0 aromatic heterocycles. The Hall–Kier alpha value is -1.26. The summed E-state index contributed by atoms with van der Waals surface area (Å²) < 4.78 is 5.01. The van der Waals surface area contributed by atoms with E-state index in [1.807, 2.05) is 13.0 Å². The van der Waals surface area contributed by atoms with Gasteiger partial charge in [-0.1, -0.05) is 18.5 Å². The lowest BCUT2D eigenvalue weighted by atomic mass is 10.1. The highest BCUT2D eigenvalue weighted by molar-refractivity contribution is 6.31. The van der Waals surface area contributed by atoms with Gasteiger partial charge >= 0.3 is 0 Å². The maximum absolute atomic E-state index is 12.3. The molecule has 2 N–H and O–H groups in total. The normalized spacial score (nSPS) is 12.0. The summed E-state index contributed by atoms with van der Waals surface area (Å²) in [6, 6.07) is 5.37. The van der Waals surface area contributed by atoms with Crippen molar-refractivity contribution in [3.05, 3.63) is 28.8 Å². The number of carbonyl (C=O) groups excluding carboxylic acids is 1. The van der Waals surface area contributed by atoms with Crippen LogP contribution in [0.1, 0.15) is 37.0 Å². The molecule has 0 aliphatic carbocycles. The van der Waals surface area contributed by atoms with Gasteiger partial charge in [0.25, 0.3) is 5.91 Å². The van der Waals surface area contributed by atoms with Gasteiger partial charge in [-0.3, -0.25) is 4.79 Å². The molecule has 1 unspecified atom stereocenters. The van der Waals surface area contributed by atoms with Crippen LogP contribution in [0.5, 0.6) is 0 Å². The second kappa shape index (κ2) is 8.82. The summed E-state index contributed by atoms with van der Waals surface area (Å²) in [6.45, 7) is 5.48. The molecule has 0 aliphatic heterocycles. The number of rotatable bonds is 8. The summed E-state index contributed by atoms with van der Waals surface area (Å²) in [5.74, 6) is -0.116. The first-order chi connectivity index (χ1) is 9.58. The van der Waals surface area contributed by atoms with Crippen LogP contribution in [0.4, 0.5) is 5.69 Å². The predicted molar refractivity (Wildman–Crippen MR) is 83.7 cm³/mol. The number of benzene rings is 1. The molecule has 0 heterocycles. The number of hydrogen-bond acceptors (Lipinski definition) is 3. The lowest BCUT2D eigenvalue weighted by Crippen LogP contribution is -2.33. The zero-order valence-corrected chi connectivity index (χ0v) is 13.1. The van der Waals surface area contributed by atoms with Crippen molar-refractivity contribution < 1.29 is 9.53 Å². The molecular formula is C15H23ClN2O2. The number of hydrogen-bond donors (Lipinski definition) is 2. The van der Waals surface area contributed by atoms with Crippen LogP contribution in [0.2, 0.25) is 5.02 Å². The standard InChI is InChI=1S/C15H23ClN2O2/c1-4-8-17-14-6-5-12(16)10-13(14)15(19)18-11(2)7-9-20-3/h5-6,10-11,17H,4,7-9H2,1-3H3,(H,18,19). The fraction of sp³-hybridized carbons (Fsp3) is 0.533. The Kier molecular flexibility index (Phi) is 7.41. The molecule has 1 rings (SSSR count). The van der Waals surface area contributed by atoms with E-state index in [0.29, 0.717) is 17.2 Å². The Balaban J connectivity index is 2.76. The van der Waals surface area contributed by atoms with Gasteiger partial charge in [0.15, 0.2) is 0 Å². The first-order valence-electron chi connectivity index (χ1n) is 6.91. The summed E-state index contributed by atoms with van der Waals surface area (Å²) in [7, 11) is 1.65. The Morgan fingerprint density at radius 3 is 2.85 bits per heavy atom. The monoisotopic (exact) mass is 298 g/mol. The van der Waals surface area contributed by atoms with Gasteiger partial charge in [-0.15, -0.1) is 0 Å². The smallest absolute Gasteiger partial charge is 0.253 e. The molecule has 1 aromatic rings.